The average Bonchev–Trinajstić information content (AvgIpc) is 2.74. The molecule has 0 spiro atoms. The first-order valence-corrected chi connectivity index (χ1v) is 12.0. The first kappa shape index (κ1) is 23.9. The lowest BCUT2D eigenvalue weighted by molar-refractivity contribution is 0.256. The molecular formula is C21H29FN6O3S. The van der Waals surface area contributed by atoms with Crippen molar-refractivity contribution in [2.75, 3.05) is 36.4 Å². The molecule has 174 valence electrons. The molecule has 1 aromatic heterocycles. The minimum atomic E-state index is -4.20. The van der Waals surface area contributed by atoms with Crippen LogP contribution in [0.2, 0.25) is 0 Å². The molecule has 2 aromatic rings. The van der Waals surface area contributed by atoms with Crippen LogP contribution in [-0.2, 0) is 10.0 Å². The Balaban J connectivity index is 1.83. The molecule has 2 heterocycles. The maximum absolute atomic E-state index is 14.1. The van der Waals surface area contributed by atoms with Crippen LogP contribution in [0.1, 0.15) is 50.7 Å². The number of carbonyl (C=O) groups excluding carboxylic acids is 1. The topological polar surface area (TPSA) is 116 Å². The zero-order chi connectivity index (χ0) is 23.5. The summed E-state index contributed by atoms with van der Waals surface area (Å²) in [5.41, 5.74) is 1.60. The Morgan fingerprint density at radius 2 is 1.69 bits per heavy atom. The number of carbonyl (C=O) groups is 1. The van der Waals surface area contributed by atoms with Crippen molar-refractivity contribution in [1.82, 2.24) is 20.2 Å². The molecule has 2 amide bonds. The van der Waals surface area contributed by atoms with E-state index >= 15 is 0 Å². The number of nitrogens with one attached hydrogen (secondary N) is 3. The molecule has 0 aliphatic carbocycles. The van der Waals surface area contributed by atoms with Crippen molar-refractivity contribution in [2.24, 2.45) is 0 Å². The van der Waals surface area contributed by atoms with Gasteiger partial charge in [-0.3, -0.25) is 0 Å². The number of urea groups is 1. The van der Waals surface area contributed by atoms with Gasteiger partial charge in [0, 0.05) is 37.9 Å². The predicted octanol–water partition coefficient (Wildman–Crippen LogP) is 2.78. The van der Waals surface area contributed by atoms with Crippen molar-refractivity contribution in [2.45, 2.75) is 44.4 Å². The van der Waals surface area contributed by atoms with Gasteiger partial charge in [-0.15, -0.1) is 5.10 Å². The summed E-state index contributed by atoms with van der Waals surface area (Å²) in [5.74, 6) is -0.140. The lowest BCUT2D eigenvalue weighted by Crippen LogP contribution is -2.44. The summed E-state index contributed by atoms with van der Waals surface area (Å²) in [6.07, 6.45) is 1.10. The van der Waals surface area contributed by atoms with E-state index < -0.39 is 21.9 Å². The SMILES string of the molecule is CC(C)c1cc(F)cc(C(C)C)c1NC(=O)NS(=O)(=O)c1cnnc(N2CCNCC2)c1. The average molecular weight is 465 g/mol. The molecule has 0 unspecified atom stereocenters. The van der Waals surface area contributed by atoms with Gasteiger partial charge in [-0.25, -0.2) is 22.3 Å². The molecule has 1 saturated heterocycles. The molecule has 0 radical (unpaired) electrons. The van der Waals surface area contributed by atoms with Crippen LogP contribution >= 0.6 is 0 Å². The first-order chi connectivity index (χ1) is 15.1. The first-order valence-electron chi connectivity index (χ1n) is 10.5. The second-order valence-corrected chi connectivity index (χ2v) is 10.00. The van der Waals surface area contributed by atoms with Crippen LogP contribution < -0.4 is 20.3 Å². The van der Waals surface area contributed by atoms with Gasteiger partial charge in [0.05, 0.1) is 6.20 Å². The number of sulfonamides is 1. The lowest BCUT2D eigenvalue weighted by atomic mass is 9.92. The highest BCUT2D eigenvalue weighted by Gasteiger charge is 2.23. The minimum Gasteiger partial charge on any atom is -0.353 e. The Labute approximate surface area is 187 Å². The van der Waals surface area contributed by atoms with Crippen molar-refractivity contribution in [3.05, 3.63) is 41.3 Å². The van der Waals surface area contributed by atoms with Gasteiger partial charge in [-0.05, 0) is 35.1 Å². The summed E-state index contributed by atoms with van der Waals surface area (Å²) in [4.78, 5) is 14.4. The molecule has 1 aliphatic rings. The number of aromatic nitrogens is 2. The van der Waals surface area contributed by atoms with E-state index in [1.54, 1.807) is 0 Å². The van der Waals surface area contributed by atoms with Crippen molar-refractivity contribution >= 4 is 27.6 Å². The highest BCUT2D eigenvalue weighted by atomic mass is 32.2. The smallest absolute Gasteiger partial charge is 0.333 e. The normalized spacial score (nSPS) is 14.7. The summed E-state index contributed by atoms with van der Waals surface area (Å²) < 4.78 is 41.8. The molecule has 3 N–H and O–H groups in total. The third-order valence-corrected chi connectivity index (χ3v) is 6.54. The van der Waals surface area contributed by atoms with Gasteiger partial charge in [0.25, 0.3) is 10.0 Å². The van der Waals surface area contributed by atoms with Crippen molar-refractivity contribution in [1.29, 1.82) is 0 Å². The number of nitrogens with zero attached hydrogens (tertiary/aromatic N) is 3. The van der Waals surface area contributed by atoms with Crippen molar-refractivity contribution in [3.8, 4) is 0 Å². The molecule has 0 atom stereocenters. The highest BCUT2D eigenvalue weighted by Crippen LogP contribution is 2.33. The Morgan fingerprint density at radius 1 is 1.09 bits per heavy atom. The van der Waals surface area contributed by atoms with E-state index in [1.807, 2.05) is 37.3 Å². The van der Waals surface area contributed by atoms with E-state index in [0.717, 1.165) is 19.3 Å². The zero-order valence-electron chi connectivity index (χ0n) is 18.6. The molecule has 11 heteroatoms. The Bertz CT molecular complexity index is 1060. The van der Waals surface area contributed by atoms with Gasteiger partial charge in [0.15, 0.2) is 5.82 Å². The van der Waals surface area contributed by atoms with E-state index in [9.17, 15) is 17.6 Å². The third kappa shape index (κ3) is 5.52. The van der Waals surface area contributed by atoms with Crippen LogP contribution in [-0.4, -0.2) is 50.8 Å². The minimum absolute atomic E-state index is 0.0823. The summed E-state index contributed by atoms with van der Waals surface area (Å²) in [6, 6.07) is 3.17. The summed E-state index contributed by atoms with van der Waals surface area (Å²) >= 11 is 0. The van der Waals surface area contributed by atoms with Crippen LogP contribution in [0.4, 0.5) is 20.7 Å². The number of benzene rings is 1. The number of hydrogen-bond acceptors (Lipinski definition) is 7. The van der Waals surface area contributed by atoms with Gasteiger partial charge in [-0.2, -0.15) is 5.10 Å². The molecule has 0 bridgehead atoms. The predicted molar refractivity (Wildman–Crippen MR) is 121 cm³/mol. The Kier molecular flexibility index (Phi) is 7.29. The number of halogens is 1. The maximum Gasteiger partial charge on any atom is 0.333 e. The van der Waals surface area contributed by atoms with E-state index in [1.165, 1.54) is 18.2 Å². The van der Waals surface area contributed by atoms with Gasteiger partial charge in [-0.1, -0.05) is 27.7 Å². The molecule has 1 aromatic carbocycles. The van der Waals surface area contributed by atoms with Gasteiger partial charge < -0.3 is 15.5 Å². The number of amides is 2. The number of piperazine rings is 1. The number of rotatable bonds is 6. The molecule has 32 heavy (non-hydrogen) atoms. The van der Waals surface area contributed by atoms with Gasteiger partial charge in [0.1, 0.15) is 10.7 Å². The highest BCUT2D eigenvalue weighted by molar-refractivity contribution is 7.90. The molecule has 0 saturated carbocycles. The second-order valence-electron chi connectivity index (χ2n) is 8.31. The fraction of sp³-hybridized carbons (Fsp3) is 0.476. The van der Waals surface area contributed by atoms with E-state index in [2.05, 4.69) is 20.8 Å². The second kappa shape index (κ2) is 9.78. The molecular weight excluding hydrogens is 435 g/mol. The zero-order valence-corrected chi connectivity index (χ0v) is 19.5. The van der Waals surface area contributed by atoms with Crippen LogP contribution in [0.15, 0.2) is 29.3 Å². The van der Waals surface area contributed by atoms with Crippen molar-refractivity contribution < 1.29 is 17.6 Å². The fourth-order valence-electron chi connectivity index (χ4n) is 3.56. The molecule has 3 rings (SSSR count). The van der Waals surface area contributed by atoms with Crippen LogP contribution in [0.25, 0.3) is 0 Å². The fourth-order valence-corrected chi connectivity index (χ4v) is 4.42. The summed E-state index contributed by atoms with van der Waals surface area (Å²) in [7, 11) is -4.20. The Morgan fingerprint density at radius 3 is 2.25 bits per heavy atom. The molecule has 1 fully saturated rings. The standard InChI is InChI=1S/C21H29FN6O3S/c1-13(2)17-9-15(22)10-18(14(3)4)20(17)25-21(29)27-32(30,31)16-11-19(26-24-12-16)28-7-5-23-6-8-28/h9-14,23H,5-8H2,1-4H3,(H2,25,27,29). The third-order valence-electron chi connectivity index (χ3n) is 5.24. The quantitative estimate of drug-likeness (QED) is 0.602. The van der Waals surface area contributed by atoms with E-state index in [0.29, 0.717) is 35.7 Å². The monoisotopic (exact) mass is 464 g/mol. The van der Waals surface area contributed by atoms with Gasteiger partial charge >= 0.3 is 6.03 Å². The summed E-state index contributed by atoms with van der Waals surface area (Å²) in [6.45, 7) is 10.4. The Hall–Kier alpha value is -2.79. The van der Waals surface area contributed by atoms with Crippen molar-refractivity contribution in [3.63, 3.8) is 0 Å². The van der Waals surface area contributed by atoms with Crippen LogP contribution in [0.5, 0.6) is 0 Å². The lowest BCUT2D eigenvalue weighted by Gasteiger charge is -2.28. The largest absolute Gasteiger partial charge is 0.353 e. The van der Waals surface area contributed by atoms with Crippen LogP contribution in [0, 0.1) is 5.82 Å². The van der Waals surface area contributed by atoms with E-state index in [4.69, 9.17) is 0 Å². The molecule has 9 nitrogen and oxygen atoms in total. The van der Waals surface area contributed by atoms with E-state index in [-0.39, 0.29) is 16.7 Å². The maximum atomic E-state index is 14.1. The number of hydrogen-bond donors (Lipinski definition) is 3. The summed E-state index contributed by atoms with van der Waals surface area (Å²) in [5, 5.41) is 13.6. The molecule has 1 aliphatic heterocycles. The van der Waals surface area contributed by atoms with Gasteiger partial charge in [0.2, 0.25) is 0 Å². The van der Waals surface area contributed by atoms with Crippen LogP contribution in [0.3, 0.4) is 0 Å². The number of anilines is 2.